The number of aliphatic hydroxyl groups excluding tert-OH is 1. The third-order valence-electron chi connectivity index (χ3n) is 4.51. The molecule has 114 valence electrons. The highest BCUT2D eigenvalue weighted by Crippen LogP contribution is 2.40. The van der Waals surface area contributed by atoms with E-state index in [1.807, 2.05) is 0 Å². The molecule has 20 heavy (non-hydrogen) atoms. The van der Waals surface area contributed by atoms with Gasteiger partial charge in [-0.25, -0.2) is 0 Å². The summed E-state index contributed by atoms with van der Waals surface area (Å²) in [5, 5.41) is 9.75. The molecule has 0 aromatic heterocycles. The van der Waals surface area contributed by atoms with Crippen LogP contribution in [0.1, 0.15) is 40.5 Å². The predicted octanol–water partition coefficient (Wildman–Crippen LogP) is 0.658. The fraction of sp³-hybridized carbons (Fsp3) is 0.867. The first-order valence-electron chi connectivity index (χ1n) is 7.54. The number of rotatable bonds is 5. The van der Waals surface area contributed by atoms with E-state index in [1.54, 1.807) is 11.8 Å². The van der Waals surface area contributed by atoms with Crippen LogP contribution in [0.5, 0.6) is 0 Å². The van der Waals surface area contributed by atoms with E-state index >= 15 is 0 Å². The molecule has 3 unspecified atom stereocenters. The maximum absolute atomic E-state index is 12.6. The van der Waals surface area contributed by atoms with Crippen LogP contribution in [0.3, 0.4) is 0 Å². The molecule has 3 atom stereocenters. The predicted molar refractivity (Wildman–Crippen MR) is 76.2 cm³/mol. The van der Waals surface area contributed by atoms with E-state index in [2.05, 4.69) is 18.7 Å². The Balaban J connectivity index is 2.12. The average Bonchev–Trinajstić information content (AvgIpc) is 2.72. The van der Waals surface area contributed by atoms with Crippen LogP contribution in [0, 0.1) is 5.92 Å². The van der Waals surface area contributed by atoms with Gasteiger partial charge in [-0.2, -0.15) is 0 Å². The fourth-order valence-electron chi connectivity index (χ4n) is 3.70. The lowest BCUT2D eigenvalue weighted by atomic mass is 9.82. The summed E-state index contributed by atoms with van der Waals surface area (Å²) in [6, 6.07) is -0.686. The number of carbonyl (C=O) groups is 2. The van der Waals surface area contributed by atoms with Crippen LogP contribution in [0.25, 0.3) is 0 Å². The van der Waals surface area contributed by atoms with Crippen LogP contribution < -0.4 is 0 Å². The topological polar surface area (TPSA) is 60.9 Å². The van der Waals surface area contributed by atoms with Crippen LogP contribution in [-0.2, 0) is 9.59 Å². The second-order valence-electron chi connectivity index (χ2n) is 6.70. The summed E-state index contributed by atoms with van der Waals surface area (Å²) in [6.45, 7) is 9.77. The Labute approximate surface area is 120 Å². The van der Waals surface area contributed by atoms with E-state index in [1.165, 1.54) is 6.92 Å². The van der Waals surface area contributed by atoms with Gasteiger partial charge in [0.1, 0.15) is 11.6 Å². The molecule has 0 saturated carbocycles. The second-order valence-corrected chi connectivity index (χ2v) is 6.70. The number of hydrogen-bond donors (Lipinski definition) is 1. The van der Waals surface area contributed by atoms with Gasteiger partial charge in [-0.3, -0.25) is 14.5 Å². The maximum atomic E-state index is 12.6. The number of Topliss-reactive ketones (excluding diaryl/α,β-unsaturated/α-hetero) is 1. The number of likely N-dealkylation sites (tertiary alicyclic amines) is 2. The van der Waals surface area contributed by atoms with Gasteiger partial charge in [0.15, 0.2) is 5.78 Å². The first-order valence-corrected chi connectivity index (χ1v) is 7.54. The lowest BCUT2D eigenvalue weighted by Crippen LogP contribution is -2.76. The van der Waals surface area contributed by atoms with Gasteiger partial charge < -0.3 is 10.0 Å². The van der Waals surface area contributed by atoms with E-state index in [4.69, 9.17) is 0 Å². The molecule has 2 rings (SSSR count). The summed E-state index contributed by atoms with van der Waals surface area (Å²) < 4.78 is 0. The molecule has 2 aliphatic heterocycles. The summed E-state index contributed by atoms with van der Waals surface area (Å²) in [5.41, 5.74) is -0.396. The third kappa shape index (κ3) is 2.37. The van der Waals surface area contributed by atoms with Gasteiger partial charge in [0.25, 0.3) is 0 Å². The molecule has 5 heteroatoms. The largest absolute Gasteiger partial charge is 0.391 e. The van der Waals surface area contributed by atoms with Crippen molar-refractivity contribution in [3.63, 3.8) is 0 Å². The van der Waals surface area contributed by atoms with Crippen LogP contribution in [-0.4, -0.2) is 63.9 Å². The van der Waals surface area contributed by atoms with E-state index in [0.29, 0.717) is 12.5 Å². The summed E-state index contributed by atoms with van der Waals surface area (Å²) in [6.07, 6.45) is 1.10. The van der Waals surface area contributed by atoms with Crippen molar-refractivity contribution >= 4 is 11.7 Å². The van der Waals surface area contributed by atoms with E-state index in [-0.39, 0.29) is 11.7 Å². The monoisotopic (exact) mass is 282 g/mol. The molecule has 0 radical (unpaired) electrons. The molecule has 2 fully saturated rings. The number of ketones is 1. The van der Waals surface area contributed by atoms with Crippen molar-refractivity contribution in [2.75, 3.05) is 19.6 Å². The van der Waals surface area contributed by atoms with Crippen molar-refractivity contribution in [2.24, 2.45) is 5.92 Å². The number of nitrogens with zero attached hydrogens (tertiary/aromatic N) is 2. The van der Waals surface area contributed by atoms with E-state index in [9.17, 15) is 14.7 Å². The first kappa shape index (κ1) is 15.4. The molecule has 2 aliphatic rings. The number of β-lactam (4-membered cyclic amide) rings is 1. The highest BCUT2D eigenvalue weighted by atomic mass is 16.3. The Hall–Kier alpha value is -0.940. The standard InChI is InChI=1S/C15H26N2O3/c1-10(2)8-16-7-5-6-15(16)9-17(14(15)20)13(11(3)18)12(4)19/h10-11,13,18H,5-9H2,1-4H3. The molecule has 0 aromatic carbocycles. The SMILES string of the molecule is CC(=O)C(C(C)O)N1CC2(CCCN2CC(C)C)C1=O. The summed E-state index contributed by atoms with van der Waals surface area (Å²) >= 11 is 0. The zero-order chi connectivity index (χ0) is 15.1. The number of hydrogen-bond acceptors (Lipinski definition) is 4. The molecule has 1 N–H and O–H groups in total. The molecule has 1 amide bonds. The van der Waals surface area contributed by atoms with Crippen molar-refractivity contribution in [3.8, 4) is 0 Å². The van der Waals surface area contributed by atoms with Crippen LogP contribution in [0.15, 0.2) is 0 Å². The zero-order valence-electron chi connectivity index (χ0n) is 12.9. The number of carbonyl (C=O) groups excluding carboxylic acids is 2. The normalized spacial score (nSPS) is 29.9. The van der Waals surface area contributed by atoms with Gasteiger partial charge in [0, 0.05) is 13.1 Å². The lowest BCUT2D eigenvalue weighted by Gasteiger charge is -2.54. The van der Waals surface area contributed by atoms with Gasteiger partial charge in [-0.15, -0.1) is 0 Å². The zero-order valence-corrected chi connectivity index (χ0v) is 12.9. The van der Waals surface area contributed by atoms with Crippen molar-refractivity contribution < 1.29 is 14.7 Å². The minimum absolute atomic E-state index is 0.0248. The quantitative estimate of drug-likeness (QED) is 0.753. The van der Waals surface area contributed by atoms with Gasteiger partial charge in [0.05, 0.1) is 6.10 Å². The molecule has 1 spiro atoms. The van der Waals surface area contributed by atoms with Crippen molar-refractivity contribution in [1.29, 1.82) is 0 Å². The molecule has 5 nitrogen and oxygen atoms in total. The minimum Gasteiger partial charge on any atom is -0.391 e. The summed E-state index contributed by atoms with van der Waals surface area (Å²) in [7, 11) is 0. The van der Waals surface area contributed by atoms with Gasteiger partial charge in [-0.1, -0.05) is 13.8 Å². The fourth-order valence-corrected chi connectivity index (χ4v) is 3.70. The van der Waals surface area contributed by atoms with Crippen molar-refractivity contribution in [2.45, 2.75) is 58.2 Å². The number of amides is 1. The Morgan fingerprint density at radius 3 is 2.50 bits per heavy atom. The highest BCUT2D eigenvalue weighted by molar-refractivity contribution is 5.97. The summed E-state index contributed by atoms with van der Waals surface area (Å²) in [4.78, 5) is 28.1. The van der Waals surface area contributed by atoms with E-state index in [0.717, 1.165) is 25.9 Å². The van der Waals surface area contributed by atoms with Crippen LogP contribution in [0.2, 0.25) is 0 Å². The van der Waals surface area contributed by atoms with Crippen LogP contribution in [0.4, 0.5) is 0 Å². The lowest BCUT2D eigenvalue weighted by molar-refractivity contribution is -0.172. The Morgan fingerprint density at radius 2 is 2.05 bits per heavy atom. The molecule has 0 aliphatic carbocycles. The third-order valence-corrected chi connectivity index (χ3v) is 4.51. The molecular formula is C15H26N2O3. The Bertz CT molecular complexity index is 408. The second kappa shape index (κ2) is 5.45. The molecule has 0 aromatic rings. The molecule has 0 bridgehead atoms. The molecule has 2 heterocycles. The van der Waals surface area contributed by atoms with Gasteiger partial charge in [0.2, 0.25) is 5.91 Å². The molecule has 2 saturated heterocycles. The van der Waals surface area contributed by atoms with Crippen molar-refractivity contribution in [1.82, 2.24) is 9.80 Å². The average molecular weight is 282 g/mol. The maximum Gasteiger partial charge on any atom is 0.245 e. The van der Waals surface area contributed by atoms with E-state index < -0.39 is 17.7 Å². The summed E-state index contributed by atoms with van der Waals surface area (Å²) in [5.74, 6) is 0.403. The highest BCUT2D eigenvalue weighted by Gasteiger charge is 2.60. The Morgan fingerprint density at radius 1 is 1.40 bits per heavy atom. The van der Waals surface area contributed by atoms with Crippen LogP contribution >= 0.6 is 0 Å². The first-order chi connectivity index (χ1) is 9.29. The number of aliphatic hydroxyl groups is 1. The smallest absolute Gasteiger partial charge is 0.245 e. The molecular weight excluding hydrogens is 256 g/mol. The van der Waals surface area contributed by atoms with Gasteiger partial charge >= 0.3 is 0 Å². The Kier molecular flexibility index (Phi) is 4.21. The van der Waals surface area contributed by atoms with Crippen molar-refractivity contribution in [3.05, 3.63) is 0 Å². The van der Waals surface area contributed by atoms with Gasteiger partial charge in [-0.05, 0) is 39.2 Å². The minimum atomic E-state index is -0.811.